The molecule has 0 amide bonds. The number of nitrogens with zero attached hydrogens (tertiary/aromatic N) is 2. The molecule has 1 heterocycles. The summed E-state index contributed by atoms with van der Waals surface area (Å²) in [4.78, 5) is 17.8. The van der Waals surface area contributed by atoms with Gasteiger partial charge in [0.25, 0.3) is 0 Å². The number of aromatic nitrogens is 1. The van der Waals surface area contributed by atoms with Crippen molar-refractivity contribution in [2.75, 3.05) is 0 Å². The molecule has 0 saturated carbocycles. The smallest absolute Gasteiger partial charge is 0.318 e. The number of oxime groups is 1. The summed E-state index contributed by atoms with van der Waals surface area (Å²) in [6, 6.07) is 18.1. The van der Waals surface area contributed by atoms with Gasteiger partial charge in [-0.05, 0) is 69.4 Å². The second-order valence-electron chi connectivity index (χ2n) is 9.12. The van der Waals surface area contributed by atoms with E-state index in [4.69, 9.17) is 4.84 Å². The highest BCUT2D eigenvalue weighted by molar-refractivity contribution is 6.03. The zero-order valence-electron chi connectivity index (χ0n) is 18.3. The maximum Gasteiger partial charge on any atom is 0.365 e. The van der Waals surface area contributed by atoms with Crippen LogP contribution in [0, 0.1) is 26.2 Å². The Labute approximate surface area is 178 Å². The van der Waals surface area contributed by atoms with Crippen molar-refractivity contribution in [2.45, 2.75) is 47.5 Å². The number of aryl methyl sites for hydroxylation is 3. The molecule has 0 fully saturated rings. The van der Waals surface area contributed by atoms with Crippen molar-refractivity contribution in [3.05, 3.63) is 88.2 Å². The minimum atomic E-state index is -0.429. The van der Waals surface area contributed by atoms with Gasteiger partial charge in [0.05, 0.1) is 11.3 Å². The summed E-state index contributed by atoms with van der Waals surface area (Å²) >= 11 is 0. The van der Waals surface area contributed by atoms with Crippen molar-refractivity contribution in [2.24, 2.45) is 10.6 Å². The van der Waals surface area contributed by atoms with E-state index < -0.39 is 5.97 Å². The summed E-state index contributed by atoms with van der Waals surface area (Å²) in [5, 5.41) is 4.33. The lowest BCUT2D eigenvalue weighted by Crippen LogP contribution is -2.28. The van der Waals surface area contributed by atoms with E-state index in [0.717, 1.165) is 41.1 Å². The normalized spacial score (nSPS) is 16.4. The van der Waals surface area contributed by atoms with Gasteiger partial charge >= 0.3 is 5.97 Å². The largest absolute Gasteiger partial charge is 0.365 e. The molecule has 0 saturated heterocycles. The van der Waals surface area contributed by atoms with Gasteiger partial charge in [-0.25, -0.2) is 4.79 Å². The molecule has 0 bridgehead atoms. The average Bonchev–Trinajstić information content (AvgIpc) is 3.02. The highest BCUT2D eigenvalue weighted by atomic mass is 16.7. The molecule has 2 aromatic carbocycles. The molecule has 0 unspecified atom stereocenters. The van der Waals surface area contributed by atoms with Gasteiger partial charge in [0.1, 0.15) is 0 Å². The lowest BCUT2D eigenvalue weighted by molar-refractivity contribution is 0.0514. The van der Waals surface area contributed by atoms with Crippen molar-refractivity contribution in [3.8, 4) is 5.69 Å². The SMILES string of the molecule is Cc1ccc(C(=O)O/N=C2\CC(C)(C)Cc3c2cc(C)n3-c2ccc(C)cc2)cc1. The summed E-state index contributed by atoms with van der Waals surface area (Å²) in [6.07, 6.45) is 1.70. The van der Waals surface area contributed by atoms with E-state index in [1.54, 1.807) is 12.1 Å². The maximum atomic E-state index is 12.5. The minimum Gasteiger partial charge on any atom is -0.318 e. The highest BCUT2D eigenvalue weighted by Crippen LogP contribution is 2.38. The van der Waals surface area contributed by atoms with Crippen LogP contribution in [0.15, 0.2) is 59.8 Å². The van der Waals surface area contributed by atoms with Crippen LogP contribution in [0.3, 0.4) is 0 Å². The molecule has 0 aliphatic heterocycles. The van der Waals surface area contributed by atoms with Crippen LogP contribution < -0.4 is 0 Å². The minimum absolute atomic E-state index is 0.0232. The monoisotopic (exact) mass is 400 g/mol. The predicted octanol–water partition coefficient (Wildman–Crippen LogP) is 5.94. The first-order valence-corrected chi connectivity index (χ1v) is 10.4. The second kappa shape index (κ2) is 7.60. The number of fused-ring (bicyclic) bond motifs is 1. The number of rotatable bonds is 3. The molecular weight excluding hydrogens is 372 g/mol. The number of carbonyl (C=O) groups excluding carboxylic acids is 1. The number of benzene rings is 2. The van der Waals surface area contributed by atoms with Crippen LogP contribution >= 0.6 is 0 Å². The molecule has 1 aliphatic rings. The molecule has 0 spiro atoms. The number of hydrogen-bond acceptors (Lipinski definition) is 3. The molecule has 0 N–H and O–H groups in total. The van der Waals surface area contributed by atoms with E-state index in [1.807, 2.05) is 19.1 Å². The summed E-state index contributed by atoms with van der Waals surface area (Å²) in [7, 11) is 0. The van der Waals surface area contributed by atoms with Gasteiger partial charge in [0.15, 0.2) is 0 Å². The molecule has 0 radical (unpaired) electrons. The van der Waals surface area contributed by atoms with Crippen LogP contribution in [-0.2, 0) is 11.3 Å². The summed E-state index contributed by atoms with van der Waals surface area (Å²) in [6.45, 7) is 10.7. The predicted molar refractivity (Wildman–Crippen MR) is 120 cm³/mol. The Morgan fingerprint density at radius 2 is 1.53 bits per heavy atom. The molecule has 1 aromatic heterocycles. The molecule has 30 heavy (non-hydrogen) atoms. The van der Waals surface area contributed by atoms with Crippen LogP contribution in [0.25, 0.3) is 5.69 Å². The molecule has 154 valence electrons. The molecular formula is C26H28N2O2. The van der Waals surface area contributed by atoms with Gasteiger partial charge in [-0.3, -0.25) is 0 Å². The maximum absolute atomic E-state index is 12.5. The molecule has 0 atom stereocenters. The van der Waals surface area contributed by atoms with Crippen LogP contribution in [-0.4, -0.2) is 16.2 Å². The zero-order chi connectivity index (χ0) is 21.5. The third kappa shape index (κ3) is 3.95. The summed E-state index contributed by atoms with van der Waals surface area (Å²) in [5.41, 5.74) is 8.29. The first-order chi connectivity index (χ1) is 14.2. The van der Waals surface area contributed by atoms with Crippen LogP contribution in [0.1, 0.15) is 58.7 Å². The Balaban J connectivity index is 1.70. The Bertz CT molecular complexity index is 1120. The van der Waals surface area contributed by atoms with Crippen molar-refractivity contribution in [1.82, 2.24) is 4.57 Å². The molecule has 1 aliphatic carbocycles. The van der Waals surface area contributed by atoms with Gasteiger partial charge in [-0.15, -0.1) is 0 Å². The summed E-state index contributed by atoms with van der Waals surface area (Å²) < 4.78 is 2.30. The van der Waals surface area contributed by atoms with Gasteiger partial charge in [-0.1, -0.05) is 54.4 Å². The zero-order valence-corrected chi connectivity index (χ0v) is 18.3. The van der Waals surface area contributed by atoms with Crippen LogP contribution in [0.5, 0.6) is 0 Å². The second-order valence-corrected chi connectivity index (χ2v) is 9.12. The fourth-order valence-corrected chi connectivity index (χ4v) is 4.15. The van der Waals surface area contributed by atoms with Crippen LogP contribution in [0.4, 0.5) is 0 Å². The molecule has 4 heteroatoms. The topological polar surface area (TPSA) is 43.6 Å². The lowest BCUT2D eigenvalue weighted by Gasteiger charge is -2.31. The quantitative estimate of drug-likeness (QED) is 0.404. The third-order valence-corrected chi connectivity index (χ3v) is 5.71. The van der Waals surface area contributed by atoms with Crippen molar-refractivity contribution < 1.29 is 9.63 Å². The van der Waals surface area contributed by atoms with Crippen LogP contribution in [0.2, 0.25) is 0 Å². The van der Waals surface area contributed by atoms with Crippen molar-refractivity contribution >= 4 is 11.7 Å². The Morgan fingerprint density at radius 3 is 2.17 bits per heavy atom. The Hall–Kier alpha value is -3.14. The van der Waals surface area contributed by atoms with Gasteiger partial charge in [0, 0.05) is 22.6 Å². The molecule has 4 nitrogen and oxygen atoms in total. The van der Waals surface area contributed by atoms with E-state index in [2.05, 4.69) is 67.7 Å². The number of carbonyl (C=O) groups is 1. The van der Waals surface area contributed by atoms with Crippen molar-refractivity contribution in [1.29, 1.82) is 0 Å². The number of hydrogen-bond donors (Lipinski definition) is 0. The fourth-order valence-electron chi connectivity index (χ4n) is 4.15. The standard InChI is InChI=1S/C26H28N2O2/c1-17-6-10-20(11-7-17)25(29)30-27-23-15-26(4,5)16-24-22(23)14-19(3)28(24)21-12-8-18(2)9-13-21/h6-14H,15-16H2,1-5H3/b27-23+. The van der Waals surface area contributed by atoms with E-state index >= 15 is 0 Å². The Kier molecular flexibility index (Phi) is 5.10. The average molecular weight is 401 g/mol. The Morgan fingerprint density at radius 1 is 0.933 bits per heavy atom. The molecule has 3 aromatic rings. The van der Waals surface area contributed by atoms with E-state index in [1.165, 1.54) is 11.3 Å². The van der Waals surface area contributed by atoms with E-state index in [-0.39, 0.29) is 5.41 Å². The first-order valence-electron chi connectivity index (χ1n) is 10.4. The highest BCUT2D eigenvalue weighted by Gasteiger charge is 2.33. The van der Waals surface area contributed by atoms with Crippen molar-refractivity contribution in [3.63, 3.8) is 0 Å². The lowest BCUT2D eigenvalue weighted by atomic mass is 9.76. The van der Waals surface area contributed by atoms with E-state index in [0.29, 0.717) is 5.56 Å². The fraction of sp³-hybridized carbons (Fsp3) is 0.308. The summed E-state index contributed by atoms with van der Waals surface area (Å²) in [5.74, 6) is -0.429. The van der Waals surface area contributed by atoms with Gasteiger partial charge in [0.2, 0.25) is 0 Å². The molecule has 4 rings (SSSR count). The first kappa shape index (κ1) is 20.1. The van der Waals surface area contributed by atoms with Gasteiger partial charge < -0.3 is 9.40 Å². The third-order valence-electron chi connectivity index (χ3n) is 5.71. The van der Waals surface area contributed by atoms with Gasteiger partial charge in [-0.2, -0.15) is 0 Å². The van der Waals surface area contributed by atoms with E-state index in [9.17, 15) is 4.79 Å².